The molecule has 2 rings (SSSR count). The molecule has 1 heterocycles. The summed E-state index contributed by atoms with van der Waals surface area (Å²) in [5.74, 6) is -1.85. The van der Waals surface area contributed by atoms with E-state index in [1.54, 1.807) is 24.0 Å². The van der Waals surface area contributed by atoms with E-state index in [0.29, 0.717) is 19.4 Å². The molecule has 0 radical (unpaired) electrons. The molecule has 0 saturated carbocycles. The number of piperidine rings is 1. The molecule has 112 valence electrons. The van der Waals surface area contributed by atoms with Crippen LogP contribution in [0.5, 0.6) is 0 Å². The highest BCUT2D eigenvalue weighted by atomic mass is 19.1. The Bertz CT molecular complexity index is 565. The van der Waals surface area contributed by atoms with Gasteiger partial charge in [0.1, 0.15) is 5.82 Å². The molecule has 0 aliphatic carbocycles. The summed E-state index contributed by atoms with van der Waals surface area (Å²) >= 11 is 0. The third kappa shape index (κ3) is 3.90. The van der Waals surface area contributed by atoms with Crippen LogP contribution >= 0.6 is 0 Å². The van der Waals surface area contributed by atoms with Crippen LogP contribution in [-0.2, 0) is 9.59 Å². The lowest BCUT2D eigenvalue weighted by atomic mass is 9.98. The molecule has 1 N–H and O–H groups in total. The van der Waals surface area contributed by atoms with E-state index in [1.807, 2.05) is 0 Å². The maximum atomic E-state index is 12.9. The minimum atomic E-state index is -0.855. The standard InChI is InChI=1S/C16H18FNO3/c1-11(12-4-6-14(17)7-5-12)9-15(19)18-8-2-3-13(10-18)16(20)21/h4-7,9,13H,2-3,8,10H2,1H3,(H,20,21)/b11-9-. The lowest BCUT2D eigenvalue weighted by molar-refractivity contribution is -0.144. The molecule has 4 nitrogen and oxygen atoms in total. The largest absolute Gasteiger partial charge is 0.481 e. The maximum Gasteiger partial charge on any atom is 0.308 e. The number of rotatable bonds is 3. The van der Waals surface area contributed by atoms with Crippen LogP contribution in [0.2, 0.25) is 0 Å². The second-order valence-corrected chi connectivity index (χ2v) is 5.30. The summed E-state index contributed by atoms with van der Waals surface area (Å²) in [4.78, 5) is 24.8. The van der Waals surface area contributed by atoms with Crippen molar-refractivity contribution in [2.24, 2.45) is 5.92 Å². The fraction of sp³-hybridized carbons (Fsp3) is 0.375. The predicted molar refractivity (Wildman–Crippen MR) is 77.0 cm³/mol. The summed E-state index contributed by atoms with van der Waals surface area (Å²) in [5.41, 5.74) is 1.51. The SMILES string of the molecule is C/C(=C/C(=O)N1CCCC(C(=O)O)C1)c1ccc(F)cc1. The zero-order valence-corrected chi connectivity index (χ0v) is 11.9. The van der Waals surface area contributed by atoms with E-state index < -0.39 is 11.9 Å². The number of halogens is 1. The highest BCUT2D eigenvalue weighted by Gasteiger charge is 2.27. The number of aliphatic carboxylic acids is 1. The average molecular weight is 291 g/mol. The highest BCUT2D eigenvalue weighted by Crippen LogP contribution is 2.19. The number of carbonyl (C=O) groups excluding carboxylic acids is 1. The zero-order valence-electron chi connectivity index (χ0n) is 11.9. The lowest BCUT2D eigenvalue weighted by Gasteiger charge is -2.30. The van der Waals surface area contributed by atoms with Crippen LogP contribution in [0.1, 0.15) is 25.3 Å². The van der Waals surface area contributed by atoms with E-state index in [1.165, 1.54) is 18.2 Å². The molecule has 1 unspecified atom stereocenters. The van der Waals surface area contributed by atoms with Crippen LogP contribution in [0.15, 0.2) is 30.3 Å². The van der Waals surface area contributed by atoms with Crippen LogP contribution < -0.4 is 0 Å². The molecule has 5 heteroatoms. The molecule has 21 heavy (non-hydrogen) atoms. The van der Waals surface area contributed by atoms with E-state index in [9.17, 15) is 14.0 Å². The fourth-order valence-electron chi connectivity index (χ4n) is 2.45. The van der Waals surface area contributed by atoms with Crippen molar-refractivity contribution in [3.05, 3.63) is 41.7 Å². The van der Waals surface area contributed by atoms with Crippen LogP contribution in [0.4, 0.5) is 4.39 Å². The molecule has 0 bridgehead atoms. The third-order valence-corrected chi connectivity index (χ3v) is 3.72. The number of nitrogens with zero attached hydrogens (tertiary/aromatic N) is 1. The van der Waals surface area contributed by atoms with Crippen molar-refractivity contribution in [2.75, 3.05) is 13.1 Å². The van der Waals surface area contributed by atoms with E-state index in [-0.39, 0.29) is 18.3 Å². The molecule has 0 spiro atoms. The molecule has 1 aliphatic heterocycles. The van der Waals surface area contributed by atoms with Gasteiger partial charge in [-0.25, -0.2) is 4.39 Å². The molecule has 0 aromatic heterocycles. The Morgan fingerprint density at radius 1 is 1.33 bits per heavy atom. The smallest absolute Gasteiger partial charge is 0.308 e. The molecule has 1 saturated heterocycles. The van der Waals surface area contributed by atoms with Gasteiger partial charge in [-0.15, -0.1) is 0 Å². The molecule has 1 amide bonds. The Labute approximate surface area is 122 Å². The summed E-state index contributed by atoms with van der Waals surface area (Å²) in [5, 5.41) is 9.03. The minimum absolute atomic E-state index is 0.192. The first-order chi connectivity index (χ1) is 9.97. The van der Waals surface area contributed by atoms with Crippen molar-refractivity contribution in [3.8, 4) is 0 Å². The number of allylic oxidation sites excluding steroid dienone is 1. The van der Waals surface area contributed by atoms with Crippen LogP contribution in [-0.4, -0.2) is 35.0 Å². The van der Waals surface area contributed by atoms with Crippen LogP contribution in [0.3, 0.4) is 0 Å². The number of benzene rings is 1. The number of carboxylic acids is 1. The Balaban J connectivity index is 2.07. The van der Waals surface area contributed by atoms with Crippen molar-refractivity contribution in [1.29, 1.82) is 0 Å². The summed E-state index contributed by atoms with van der Waals surface area (Å²) in [6.45, 7) is 2.61. The Hall–Kier alpha value is -2.17. The second-order valence-electron chi connectivity index (χ2n) is 5.30. The summed E-state index contributed by atoms with van der Waals surface area (Å²) in [6, 6.07) is 5.92. The molecular weight excluding hydrogens is 273 g/mol. The van der Waals surface area contributed by atoms with Gasteiger partial charge in [-0.3, -0.25) is 9.59 Å². The number of amides is 1. The number of carboxylic acid groups (broad SMARTS) is 1. The van der Waals surface area contributed by atoms with Gasteiger partial charge >= 0.3 is 5.97 Å². The van der Waals surface area contributed by atoms with Gasteiger partial charge in [-0.1, -0.05) is 12.1 Å². The van der Waals surface area contributed by atoms with Crippen molar-refractivity contribution in [3.63, 3.8) is 0 Å². The Kier molecular flexibility index (Phi) is 4.73. The summed E-state index contributed by atoms with van der Waals surface area (Å²) < 4.78 is 12.9. The Morgan fingerprint density at radius 3 is 2.62 bits per heavy atom. The fourth-order valence-corrected chi connectivity index (χ4v) is 2.45. The Morgan fingerprint density at radius 2 is 2.00 bits per heavy atom. The third-order valence-electron chi connectivity index (χ3n) is 3.72. The summed E-state index contributed by atoms with van der Waals surface area (Å²) in [7, 11) is 0. The average Bonchev–Trinajstić information content (AvgIpc) is 2.48. The van der Waals surface area contributed by atoms with Crippen molar-refractivity contribution in [1.82, 2.24) is 4.90 Å². The van der Waals surface area contributed by atoms with Gasteiger partial charge in [-0.05, 0) is 43.0 Å². The zero-order chi connectivity index (χ0) is 15.4. The van der Waals surface area contributed by atoms with Crippen molar-refractivity contribution < 1.29 is 19.1 Å². The minimum Gasteiger partial charge on any atom is -0.481 e. The number of hydrogen-bond donors (Lipinski definition) is 1. The predicted octanol–water partition coefficient (Wildman–Crippen LogP) is 2.55. The van der Waals surface area contributed by atoms with E-state index in [4.69, 9.17) is 5.11 Å². The number of carbonyl (C=O) groups is 2. The van der Waals surface area contributed by atoms with Gasteiger partial charge < -0.3 is 10.0 Å². The molecular formula is C16H18FNO3. The van der Waals surface area contributed by atoms with E-state index in [0.717, 1.165) is 11.1 Å². The monoisotopic (exact) mass is 291 g/mol. The number of hydrogen-bond acceptors (Lipinski definition) is 2. The molecule has 1 atom stereocenters. The normalized spacial score (nSPS) is 19.4. The molecule has 1 aromatic rings. The van der Waals surface area contributed by atoms with E-state index in [2.05, 4.69) is 0 Å². The van der Waals surface area contributed by atoms with E-state index >= 15 is 0 Å². The van der Waals surface area contributed by atoms with Gasteiger partial charge in [0.15, 0.2) is 0 Å². The van der Waals surface area contributed by atoms with Gasteiger partial charge in [0.2, 0.25) is 5.91 Å². The first-order valence-electron chi connectivity index (χ1n) is 6.93. The second kappa shape index (κ2) is 6.52. The van der Waals surface area contributed by atoms with Crippen LogP contribution in [0, 0.1) is 11.7 Å². The molecule has 1 aliphatic rings. The van der Waals surface area contributed by atoms with Crippen molar-refractivity contribution >= 4 is 17.4 Å². The molecule has 1 aromatic carbocycles. The van der Waals surface area contributed by atoms with Gasteiger partial charge in [-0.2, -0.15) is 0 Å². The topological polar surface area (TPSA) is 57.6 Å². The first kappa shape index (κ1) is 15.2. The van der Waals surface area contributed by atoms with Gasteiger partial charge in [0.05, 0.1) is 5.92 Å². The number of likely N-dealkylation sites (tertiary alicyclic amines) is 1. The summed E-state index contributed by atoms with van der Waals surface area (Å²) in [6.07, 6.45) is 2.80. The van der Waals surface area contributed by atoms with Crippen LogP contribution in [0.25, 0.3) is 5.57 Å². The molecule has 1 fully saturated rings. The van der Waals surface area contributed by atoms with Gasteiger partial charge in [0, 0.05) is 19.2 Å². The highest BCUT2D eigenvalue weighted by molar-refractivity contribution is 5.95. The maximum absolute atomic E-state index is 12.9. The first-order valence-corrected chi connectivity index (χ1v) is 6.93. The lowest BCUT2D eigenvalue weighted by Crippen LogP contribution is -2.41. The van der Waals surface area contributed by atoms with Gasteiger partial charge in [0.25, 0.3) is 0 Å². The van der Waals surface area contributed by atoms with Crippen molar-refractivity contribution in [2.45, 2.75) is 19.8 Å². The quantitative estimate of drug-likeness (QED) is 0.871.